The van der Waals surface area contributed by atoms with E-state index in [2.05, 4.69) is 14.7 Å². The molecule has 0 radical (unpaired) electrons. The van der Waals surface area contributed by atoms with Crippen molar-refractivity contribution in [2.24, 2.45) is 0 Å². The number of aryl methyl sites for hydroxylation is 1. The highest BCUT2D eigenvalue weighted by molar-refractivity contribution is 7.89. The standard InChI is InChI=1S/C16H18N4O4S/c17-16-18-9-10-7-11(1-3-13(10)19-16)20-25(21,22)12-2-4-14-15(8-12)24-6-5-23-14/h2,4,8-9,11,20H,1,3,5-7H2,(H2,17,18,19). The van der Waals surface area contributed by atoms with Gasteiger partial charge in [-0.15, -0.1) is 0 Å². The van der Waals surface area contributed by atoms with Gasteiger partial charge in [0.1, 0.15) is 13.2 Å². The van der Waals surface area contributed by atoms with Gasteiger partial charge in [0, 0.05) is 24.0 Å². The molecule has 2 aliphatic rings. The maximum Gasteiger partial charge on any atom is 0.240 e. The lowest BCUT2D eigenvalue weighted by molar-refractivity contribution is 0.171. The topological polar surface area (TPSA) is 116 Å². The molecule has 1 unspecified atom stereocenters. The summed E-state index contributed by atoms with van der Waals surface area (Å²) in [5, 5.41) is 0. The second kappa shape index (κ2) is 6.16. The van der Waals surface area contributed by atoms with Gasteiger partial charge in [0.05, 0.1) is 4.90 Å². The Labute approximate surface area is 145 Å². The normalized spacial score (nSPS) is 19.3. The molecule has 0 spiro atoms. The van der Waals surface area contributed by atoms with Crippen LogP contribution in [0.3, 0.4) is 0 Å². The smallest absolute Gasteiger partial charge is 0.240 e. The zero-order valence-corrected chi connectivity index (χ0v) is 14.3. The van der Waals surface area contributed by atoms with Crippen LogP contribution in [0.5, 0.6) is 11.5 Å². The molecule has 0 bridgehead atoms. The van der Waals surface area contributed by atoms with E-state index in [1.807, 2.05) is 0 Å². The lowest BCUT2D eigenvalue weighted by atomic mass is 9.94. The Bertz CT molecular complexity index is 916. The highest BCUT2D eigenvalue weighted by Crippen LogP contribution is 2.32. The summed E-state index contributed by atoms with van der Waals surface area (Å²) < 4.78 is 39.0. The molecule has 3 N–H and O–H groups in total. The van der Waals surface area contributed by atoms with E-state index in [1.54, 1.807) is 12.3 Å². The number of aromatic nitrogens is 2. The number of nitrogens with two attached hydrogens (primary N) is 1. The molecule has 25 heavy (non-hydrogen) atoms. The Morgan fingerprint density at radius 2 is 2.00 bits per heavy atom. The summed E-state index contributed by atoms with van der Waals surface area (Å²) in [6, 6.07) is 4.43. The lowest BCUT2D eigenvalue weighted by Crippen LogP contribution is -2.39. The molecule has 1 atom stereocenters. The van der Waals surface area contributed by atoms with Crippen LogP contribution in [0.2, 0.25) is 0 Å². The Hall–Kier alpha value is -2.39. The summed E-state index contributed by atoms with van der Waals surface area (Å²) >= 11 is 0. The fourth-order valence-corrected chi connectivity index (χ4v) is 4.39. The van der Waals surface area contributed by atoms with E-state index in [4.69, 9.17) is 15.2 Å². The summed E-state index contributed by atoms with van der Waals surface area (Å²) in [6.45, 7) is 0.873. The summed E-state index contributed by atoms with van der Waals surface area (Å²) in [6.07, 6.45) is 3.53. The Balaban J connectivity index is 1.53. The van der Waals surface area contributed by atoms with Crippen LogP contribution in [0.4, 0.5) is 5.95 Å². The monoisotopic (exact) mass is 362 g/mol. The van der Waals surface area contributed by atoms with Crippen LogP contribution in [-0.4, -0.2) is 37.6 Å². The van der Waals surface area contributed by atoms with Crippen LogP contribution < -0.4 is 19.9 Å². The third-order valence-electron chi connectivity index (χ3n) is 4.31. The molecule has 0 amide bonds. The average Bonchev–Trinajstić information content (AvgIpc) is 2.61. The SMILES string of the molecule is Nc1ncc2c(n1)CCC(NS(=O)(=O)c1ccc3c(c1)OCCO3)C2. The van der Waals surface area contributed by atoms with Gasteiger partial charge in [0.2, 0.25) is 16.0 Å². The number of benzene rings is 1. The van der Waals surface area contributed by atoms with E-state index < -0.39 is 10.0 Å². The minimum Gasteiger partial charge on any atom is -0.486 e. The minimum atomic E-state index is -3.66. The third kappa shape index (κ3) is 3.24. The zero-order chi connectivity index (χ0) is 17.4. The quantitative estimate of drug-likeness (QED) is 0.824. The fraction of sp³-hybridized carbons (Fsp3) is 0.375. The molecule has 2 aromatic rings. The first-order valence-corrected chi connectivity index (χ1v) is 9.52. The Morgan fingerprint density at radius 1 is 1.20 bits per heavy atom. The van der Waals surface area contributed by atoms with Crippen molar-refractivity contribution in [3.05, 3.63) is 35.7 Å². The van der Waals surface area contributed by atoms with Gasteiger partial charge >= 0.3 is 0 Å². The maximum absolute atomic E-state index is 12.7. The van der Waals surface area contributed by atoms with Crippen LogP contribution >= 0.6 is 0 Å². The van der Waals surface area contributed by atoms with Crippen LogP contribution in [0.1, 0.15) is 17.7 Å². The fourth-order valence-electron chi connectivity index (χ4n) is 3.10. The highest BCUT2D eigenvalue weighted by atomic mass is 32.2. The summed E-state index contributed by atoms with van der Waals surface area (Å²) in [4.78, 5) is 8.36. The molecule has 132 valence electrons. The molecule has 9 heteroatoms. The van der Waals surface area contributed by atoms with Crippen LogP contribution in [0.15, 0.2) is 29.3 Å². The van der Waals surface area contributed by atoms with Crippen molar-refractivity contribution < 1.29 is 17.9 Å². The van der Waals surface area contributed by atoms with Crippen molar-refractivity contribution in [3.63, 3.8) is 0 Å². The summed E-state index contributed by atoms with van der Waals surface area (Å²) in [7, 11) is -3.66. The zero-order valence-electron chi connectivity index (χ0n) is 13.4. The molecule has 0 fully saturated rings. The Kier molecular flexibility index (Phi) is 3.97. The molecular formula is C16H18N4O4S. The maximum atomic E-state index is 12.7. The predicted molar refractivity (Wildman–Crippen MR) is 90.0 cm³/mol. The highest BCUT2D eigenvalue weighted by Gasteiger charge is 2.26. The van der Waals surface area contributed by atoms with E-state index in [0.29, 0.717) is 44.0 Å². The van der Waals surface area contributed by atoms with Crippen LogP contribution in [0.25, 0.3) is 0 Å². The Morgan fingerprint density at radius 3 is 2.84 bits per heavy atom. The average molecular weight is 362 g/mol. The number of hydrogen-bond acceptors (Lipinski definition) is 7. The van der Waals surface area contributed by atoms with E-state index in [-0.39, 0.29) is 16.9 Å². The van der Waals surface area contributed by atoms with Gasteiger partial charge in [-0.05, 0) is 37.0 Å². The lowest BCUT2D eigenvalue weighted by Gasteiger charge is -2.25. The number of anilines is 1. The first-order chi connectivity index (χ1) is 12.0. The number of nitrogen functional groups attached to an aromatic ring is 1. The van der Waals surface area contributed by atoms with Crippen LogP contribution in [-0.2, 0) is 22.9 Å². The molecule has 1 aromatic carbocycles. The van der Waals surface area contributed by atoms with E-state index in [9.17, 15) is 8.42 Å². The first kappa shape index (κ1) is 16.1. The molecular weight excluding hydrogens is 344 g/mol. The number of fused-ring (bicyclic) bond motifs is 2. The largest absolute Gasteiger partial charge is 0.486 e. The summed E-state index contributed by atoms with van der Waals surface area (Å²) in [5.74, 6) is 1.26. The number of ether oxygens (including phenoxy) is 2. The number of hydrogen-bond donors (Lipinski definition) is 2. The number of sulfonamides is 1. The van der Waals surface area contributed by atoms with Gasteiger partial charge in [0.25, 0.3) is 0 Å². The second-order valence-electron chi connectivity index (χ2n) is 6.07. The molecule has 0 saturated carbocycles. The third-order valence-corrected chi connectivity index (χ3v) is 5.83. The molecule has 1 aromatic heterocycles. The van der Waals surface area contributed by atoms with Crippen molar-refractivity contribution in [2.75, 3.05) is 18.9 Å². The van der Waals surface area contributed by atoms with Crippen molar-refractivity contribution in [1.82, 2.24) is 14.7 Å². The number of nitrogens with zero attached hydrogens (tertiary/aromatic N) is 2. The second-order valence-corrected chi connectivity index (χ2v) is 7.78. The van der Waals surface area contributed by atoms with Crippen molar-refractivity contribution >= 4 is 16.0 Å². The first-order valence-electron chi connectivity index (χ1n) is 8.03. The van der Waals surface area contributed by atoms with Gasteiger partial charge in [-0.2, -0.15) is 0 Å². The van der Waals surface area contributed by atoms with Gasteiger partial charge in [-0.3, -0.25) is 0 Å². The summed E-state index contributed by atoms with van der Waals surface area (Å²) in [5.41, 5.74) is 7.41. The van der Waals surface area contributed by atoms with Gasteiger partial charge in [0.15, 0.2) is 11.5 Å². The van der Waals surface area contributed by atoms with Crippen LogP contribution in [0, 0.1) is 0 Å². The molecule has 0 saturated heterocycles. The molecule has 4 rings (SSSR count). The molecule has 2 heterocycles. The van der Waals surface area contributed by atoms with Gasteiger partial charge in [-0.25, -0.2) is 23.1 Å². The van der Waals surface area contributed by atoms with E-state index in [0.717, 1.165) is 11.3 Å². The minimum absolute atomic E-state index is 0.163. The van der Waals surface area contributed by atoms with Crippen molar-refractivity contribution in [1.29, 1.82) is 0 Å². The van der Waals surface area contributed by atoms with E-state index >= 15 is 0 Å². The van der Waals surface area contributed by atoms with E-state index in [1.165, 1.54) is 12.1 Å². The number of nitrogens with one attached hydrogen (secondary N) is 1. The van der Waals surface area contributed by atoms with Crippen molar-refractivity contribution in [3.8, 4) is 11.5 Å². The van der Waals surface area contributed by atoms with Gasteiger partial charge < -0.3 is 15.2 Å². The van der Waals surface area contributed by atoms with Crippen molar-refractivity contribution in [2.45, 2.75) is 30.2 Å². The molecule has 1 aliphatic heterocycles. The molecule has 8 nitrogen and oxygen atoms in total. The van der Waals surface area contributed by atoms with Gasteiger partial charge in [-0.1, -0.05) is 0 Å². The predicted octanol–water partition coefficient (Wildman–Crippen LogP) is 0.666. The molecule has 1 aliphatic carbocycles. The number of rotatable bonds is 3.